The van der Waals surface area contributed by atoms with Gasteiger partial charge in [0.1, 0.15) is 11.6 Å². The molecule has 0 spiro atoms. The minimum absolute atomic E-state index is 0.0262. The summed E-state index contributed by atoms with van der Waals surface area (Å²) in [7, 11) is 0. The van der Waals surface area contributed by atoms with Crippen LogP contribution in [-0.4, -0.2) is 59.1 Å². The van der Waals surface area contributed by atoms with E-state index in [1.807, 2.05) is 0 Å². The van der Waals surface area contributed by atoms with Crippen LogP contribution in [0.4, 0.5) is 8.78 Å². The van der Waals surface area contributed by atoms with Crippen LogP contribution in [0.1, 0.15) is 17.5 Å². The highest BCUT2D eigenvalue weighted by molar-refractivity contribution is 7.11. The van der Waals surface area contributed by atoms with Crippen molar-refractivity contribution in [3.63, 3.8) is 0 Å². The number of hydrogen-bond acceptors (Lipinski definition) is 8. The number of ether oxygens (including phenoxy) is 1. The highest BCUT2D eigenvalue weighted by Crippen LogP contribution is 2.38. The highest BCUT2D eigenvalue weighted by atomic mass is 32.1. The van der Waals surface area contributed by atoms with Gasteiger partial charge in [0.05, 0.1) is 24.9 Å². The summed E-state index contributed by atoms with van der Waals surface area (Å²) in [6.45, 7) is 2.48. The van der Waals surface area contributed by atoms with Gasteiger partial charge in [0, 0.05) is 30.4 Å². The summed E-state index contributed by atoms with van der Waals surface area (Å²) in [5.41, 5.74) is -0.444. The number of thiazole rings is 1. The summed E-state index contributed by atoms with van der Waals surface area (Å²) in [6, 6.07) is 4.67. The number of benzene rings is 1. The molecule has 2 atom stereocenters. The molecule has 2 N–H and O–H groups in total. The number of morpholine rings is 1. The molecule has 0 radical (unpaired) electrons. The average Bonchev–Trinajstić information content (AvgIpc) is 3.31. The normalized spacial score (nSPS) is 23.9. The van der Waals surface area contributed by atoms with Gasteiger partial charge in [-0.2, -0.15) is 5.26 Å². The van der Waals surface area contributed by atoms with Crippen LogP contribution in [0.2, 0.25) is 0 Å². The Hall–Kier alpha value is -3.20. The van der Waals surface area contributed by atoms with Crippen molar-refractivity contribution in [2.24, 2.45) is 4.99 Å². The molecule has 2 aliphatic heterocycles. The third-order valence-electron chi connectivity index (χ3n) is 5.51. The number of nitriles is 1. The molecule has 4 rings (SSSR count). The fourth-order valence-electron chi connectivity index (χ4n) is 3.81. The van der Waals surface area contributed by atoms with Gasteiger partial charge in [-0.3, -0.25) is 9.69 Å². The van der Waals surface area contributed by atoms with Gasteiger partial charge in [-0.25, -0.2) is 18.8 Å². The molecular formula is C21H19F2N5O3S. The minimum atomic E-state index is -1.34. The smallest absolute Gasteiger partial charge is 0.323 e. The molecule has 0 bridgehead atoms. The summed E-state index contributed by atoms with van der Waals surface area (Å²) in [5, 5.41) is 25.1. The molecule has 0 saturated carbocycles. The molecule has 0 aliphatic carbocycles. The number of rotatable bonds is 5. The van der Waals surface area contributed by atoms with Gasteiger partial charge in [-0.1, -0.05) is 6.07 Å². The molecule has 2 aromatic rings. The second kappa shape index (κ2) is 8.74. The first-order valence-electron chi connectivity index (χ1n) is 9.74. The zero-order chi connectivity index (χ0) is 22.9. The zero-order valence-electron chi connectivity index (χ0n) is 17.0. The van der Waals surface area contributed by atoms with Gasteiger partial charge in [-0.15, -0.1) is 11.3 Å². The fraction of sp³-hybridized carbons (Fsp3) is 0.333. The van der Waals surface area contributed by atoms with E-state index in [4.69, 9.17) is 4.74 Å². The van der Waals surface area contributed by atoms with E-state index in [-0.39, 0.29) is 24.3 Å². The predicted molar refractivity (Wildman–Crippen MR) is 112 cm³/mol. The number of aliphatic imine (C=N–C) groups is 1. The summed E-state index contributed by atoms with van der Waals surface area (Å²) < 4.78 is 33.0. The third kappa shape index (κ3) is 4.00. The van der Waals surface area contributed by atoms with Crippen LogP contribution in [-0.2, 0) is 15.1 Å². The van der Waals surface area contributed by atoms with Gasteiger partial charge in [0.2, 0.25) is 0 Å². The molecule has 8 nitrogen and oxygen atoms in total. The van der Waals surface area contributed by atoms with Crippen molar-refractivity contribution in [1.29, 1.82) is 5.26 Å². The molecule has 32 heavy (non-hydrogen) atoms. The topological polar surface area (TPSA) is 111 Å². The second-order valence-electron chi connectivity index (χ2n) is 7.49. The third-order valence-corrected chi connectivity index (χ3v) is 6.29. The first-order valence-corrected chi connectivity index (χ1v) is 10.6. The molecular weight excluding hydrogens is 440 g/mol. The van der Waals surface area contributed by atoms with Crippen molar-refractivity contribution in [3.05, 3.63) is 63.3 Å². The lowest BCUT2D eigenvalue weighted by molar-refractivity contribution is -0.149. The number of hydrogen-bond donors (Lipinski definition) is 2. The lowest BCUT2D eigenvalue weighted by atomic mass is 9.82. The van der Waals surface area contributed by atoms with Gasteiger partial charge >= 0.3 is 5.97 Å². The SMILES string of the molecule is C[C@@]1(c2ccc(F)c(F)c2)N=C(c2nccs2)NC(CN2CCOCC2C(=O)O)=C1C#N. The Kier molecular flexibility index (Phi) is 6.01. The van der Waals surface area contributed by atoms with E-state index in [0.717, 1.165) is 12.1 Å². The number of nitrogens with one attached hydrogen (secondary N) is 1. The Bertz CT molecular complexity index is 1140. The van der Waals surface area contributed by atoms with Crippen molar-refractivity contribution in [1.82, 2.24) is 15.2 Å². The molecule has 0 amide bonds. The Labute approximate surface area is 186 Å². The molecule has 1 aromatic carbocycles. The van der Waals surface area contributed by atoms with Gasteiger partial charge in [-0.05, 0) is 24.6 Å². The summed E-state index contributed by atoms with van der Waals surface area (Å²) >= 11 is 1.32. The van der Waals surface area contributed by atoms with E-state index in [9.17, 15) is 23.9 Å². The Morgan fingerprint density at radius 1 is 1.47 bits per heavy atom. The van der Waals surface area contributed by atoms with Gasteiger partial charge < -0.3 is 15.2 Å². The second-order valence-corrected chi connectivity index (χ2v) is 8.38. The van der Waals surface area contributed by atoms with Crippen LogP contribution in [0, 0.1) is 23.0 Å². The summed E-state index contributed by atoms with van der Waals surface area (Å²) in [6.07, 6.45) is 1.60. The summed E-state index contributed by atoms with van der Waals surface area (Å²) in [5.74, 6) is -2.72. The predicted octanol–water partition coefficient (Wildman–Crippen LogP) is 2.25. The number of amidine groups is 1. The van der Waals surface area contributed by atoms with Crippen LogP contribution in [0.25, 0.3) is 0 Å². The maximum absolute atomic E-state index is 14.1. The fourth-order valence-corrected chi connectivity index (χ4v) is 4.39. The quantitative estimate of drug-likeness (QED) is 0.706. The number of aromatic nitrogens is 1. The van der Waals surface area contributed by atoms with Crippen LogP contribution in [0.15, 0.2) is 46.0 Å². The maximum Gasteiger partial charge on any atom is 0.323 e. The molecule has 3 heterocycles. The molecule has 2 aliphatic rings. The van der Waals surface area contributed by atoms with Crippen molar-refractivity contribution in [2.45, 2.75) is 18.5 Å². The number of aliphatic carboxylic acids is 1. The maximum atomic E-state index is 14.1. The largest absolute Gasteiger partial charge is 0.480 e. The number of carboxylic acids is 1. The number of nitrogens with zero attached hydrogens (tertiary/aromatic N) is 4. The number of carboxylic acid groups (broad SMARTS) is 1. The Morgan fingerprint density at radius 3 is 2.94 bits per heavy atom. The summed E-state index contributed by atoms with van der Waals surface area (Å²) in [4.78, 5) is 22.3. The Morgan fingerprint density at radius 2 is 2.28 bits per heavy atom. The van der Waals surface area contributed by atoms with E-state index in [1.165, 1.54) is 17.4 Å². The van der Waals surface area contributed by atoms with Crippen molar-refractivity contribution >= 4 is 23.1 Å². The standard InChI is InChI=1S/C21H19F2N5O3S/c1-21(12-2-3-14(22)15(23)8-12)13(9-24)16(26-18(27-21)19-25-4-7-32-19)10-28-5-6-31-11-17(28)20(29)30/h2-4,7-8,17H,5-6,10-11H2,1H3,(H,26,27)(H,29,30)/t17?,21-/m0/s1. The molecule has 1 aromatic heterocycles. The molecule has 1 saturated heterocycles. The first kappa shape index (κ1) is 22.0. The lowest BCUT2D eigenvalue weighted by Crippen LogP contribution is -2.52. The highest BCUT2D eigenvalue weighted by Gasteiger charge is 2.40. The van der Waals surface area contributed by atoms with Crippen LogP contribution in [0.5, 0.6) is 0 Å². The van der Waals surface area contributed by atoms with Crippen LogP contribution in [0.3, 0.4) is 0 Å². The Balaban J connectivity index is 1.82. The van der Waals surface area contributed by atoms with Crippen molar-refractivity contribution < 1.29 is 23.4 Å². The van der Waals surface area contributed by atoms with E-state index in [0.29, 0.717) is 29.7 Å². The molecule has 11 heteroatoms. The van der Waals surface area contributed by atoms with E-state index in [1.54, 1.807) is 23.4 Å². The lowest BCUT2D eigenvalue weighted by Gasteiger charge is -2.37. The van der Waals surface area contributed by atoms with E-state index in [2.05, 4.69) is 21.4 Å². The molecule has 1 fully saturated rings. The number of carbonyl (C=O) groups is 1. The number of halogens is 2. The van der Waals surface area contributed by atoms with Crippen LogP contribution < -0.4 is 5.32 Å². The molecule has 166 valence electrons. The zero-order valence-corrected chi connectivity index (χ0v) is 17.8. The van der Waals surface area contributed by atoms with E-state index < -0.39 is 29.2 Å². The molecule has 1 unspecified atom stereocenters. The van der Waals surface area contributed by atoms with Crippen molar-refractivity contribution in [2.75, 3.05) is 26.3 Å². The van der Waals surface area contributed by atoms with Gasteiger partial charge in [0.15, 0.2) is 22.5 Å². The van der Waals surface area contributed by atoms with E-state index >= 15 is 0 Å². The monoisotopic (exact) mass is 459 g/mol. The van der Waals surface area contributed by atoms with Crippen LogP contribution >= 0.6 is 11.3 Å². The van der Waals surface area contributed by atoms with Crippen molar-refractivity contribution in [3.8, 4) is 6.07 Å². The minimum Gasteiger partial charge on any atom is -0.480 e. The van der Waals surface area contributed by atoms with Gasteiger partial charge in [0.25, 0.3) is 0 Å². The first-order chi connectivity index (χ1) is 15.3. The average molecular weight is 459 g/mol.